The Hall–Kier alpha value is -2.94. The third kappa shape index (κ3) is 4.08. The van der Waals surface area contributed by atoms with E-state index in [4.69, 9.17) is 4.74 Å². The maximum atomic E-state index is 12.9. The zero-order chi connectivity index (χ0) is 19.4. The number of carbonyl (C=O) groups excluding carboxylic acids is 2. The van der Waals surface area contributed by atoms with E-state index in [0.717, 1.165) is 16.1 Å². The number of para-hydroxylation sites is 1. The molecule has 0 saturated heterocycles. The Bertz CT molecular complexity index is 893. The number of urea groups is 1. The van der Waals surface area contributed by atoms with E-state index >= 15 is 0 Å². The minimum atomic E-state index is -0.609. The molecule has 1 aromatic carbocycles. The van der Waals surface area contributed by atoms with Crippen LogP contribution in [0.3, 0.4) is 0 Å². The molecular formula is C18H21N5O3S. The Labute approximate surface area is 161 Å². The van der Waals surface area contributed by atoms with Gasteiger partial charge in [0, 0.05) is 11.3 Å². The van der Waals surface area contributed by atoms with Crippen molar-refractivity contribution in [1.29, 1.82) is 0 Å². The largest absolute Gasteiger partial charge is 0.494 e. The number of benzene rings is 1. The maximum Gasteiger partial charge on any atom is 0.319 e. The lowest BCUT2D eigenvalue weighted by molar-refractivity contribution is -0.118. The third-order valence-electron chi connectivity index (χ3n) is 4.20. The molecule has 2 aromatic rings. The van der Waals surface area contributed by atoms with Crippen LogP contribution in [0.2, 0.25) is 0 Å². The molecule has 1 atom stereocenters. The second-order valence-corrected chi connectivity index (χ2v) is 6.84. The number of amides is 3. The van der Waals surface area contributed by atoms with Crippen molar-refractivity contribution in [3.8, 4) is 5.75 Å². The number of rotatable bonds is 6. The molecule has 2 heterocycles. The molecule has 0 bridgehead atoms. The number of hydrogen-bond donors (Lipinski definition) is 3. The molecular weight excluding hydrogens is 366 g/mol. The fourth-order valence-corrected chi connectivity index (χ4v) is 3.47. The predicted molar refractivity (Wildman–Crippen MR) is 101 cm³/mol. The molecule has 0 aliphatic carbocycles. The number of aromatic nitrogens is 2. The summed E-state index contributed by atoms with van der Waals surface area (Å²) in [6.45, 7) is 6.26. The van der Waals surface area contributed by atoms with E-state index in [9.17, 15) is 9.59 Å². The Kier molecular flexibility index (Phi) is 5.70. The van der Waals surface area contributed by atoms with Crippen LogP contribution in [0, 0.1) is 6.92 Å². The average Bonchev–Trinajstić information content (AvgIpc) is 3.05. The van der Waals surface area contributed by atoms with Gasteiger partial charge in [0.15, 0.2) is 0 Å². The summed E-state index contributed by atoms with van der Waals surface area (Å²) in [6, 6.07) is 6.41. The molecule has 8 nitrogen and oxygen atoms in total. The standard InChI is InChI=1S/C18H21N5O3S/c1-4-26-13-8-6-5-7-12(13)16-15(11(3)20-18(25)21-16)17(24)19-9-14-10(2)22-23-27-14/h5-8,16H,4,9H2,1-3H3,(H,19,24)(H2,20,21,25)/t16-/m0/s1. The van der Waals surface area contributed by atoms with Crippen molar-refractivity contribution in [3.05, 3.63) is 51.7 Å². The lowest BCUT2D eigenvalue weighted by Gasteiger charge is -2.29. The second kappa shape index (κ2) is 8.17. The van der Waals surface area contributed by atoms with Gasteiger partial charge in [-0.15, -0.1) is 5.10 Å². The van der Waals surface area contributed by atoms with Crippen LogP contribution in [0.4, 0.5) is 4.79 Å². The molecule has 27 heavy (non-hydrogen) atoms. The van der Waals surface area contributed by atoms with E-state index in [1.165, 1.54) is 11.5 Å². The number of nitrogens with zero attached hydrogens (tertiary/aromatic N) is 2. The van der Waals surface area contributed by atoms with Crippen LogP contribution >= 0.6 is 11.5 Å². The van der Waals surface area contributed by atoms with E-state index < -0.39 is 6.04 Å². The van der Waals surface area contributed by atoms with Crippen molar-refractivity contribution in [2.45, 2.75) is 33.4 Å². The van der Waals surface area contributed by atoms with Crippen LogP contribution in [0.15, 0.2) is 35.5 Å². The molecule has 0 saturated carbocycles. The summed E-state index contributed by atoms with van der Waals surface area (Å²) >= 11 is 1.25. The Morgan fingerprint density at radius 2 is 2.11 bits per heavy atom. The van der Waals surface area contributed by atoms with Crippen LogP contribution in [-0.2, 0) is 11.3 Å². The summed E-state index contributed by atoms with van der Waals surface area (Å²) < 4.78 is 9.56. The first-order valence-corrected chi connectivity index (χ1v) is 9.34. The van der Waals surface area contributed by atoms with E-state index in [-0.39, 0.29) is 11.9 Å². The van der Waals surface area contributed by atoms with Gasteiger partial charge < -0.3 is 20.7 Å². The molecule has 0 unspecified atom stereocenters. The van der Waals surface area contributed by atoms with Gasteiger partial charge in [-0.2, -0.15) is 0 Å². The number of ether oxygens (including phenoxy) is 1. The highest BCUT2D eigenvalue weighted by molar-refractivity contribution is 7.05. The van der Waals surface area contributed by atoms with E-state index in [1.54, 1.807) is 6.92 Å². The normalized spacial score (nSPS) is 16.6. The molecule has 3 amide bonds. The van der Waals surface area contributed by atoms with Gasteiger partial charge in [-0.1, -0.05) is 22.7 Å². The zero-order valence-corrected chi connectivity index (χ0v) is 16.1. The highest BCUT2D eigenvalue weighted by Gasteiger charge is 2.32. The number of hydrogen-bond acceptors (Lipinski definition) is 6. The number of nitrogens with one attached hydrogen (secondary N) is 3. The van der Waals surface area contributed by atoms with Gasteiger partial charge in [-0.25, -0.2) is 4.79 Å². The highest BCUT2D eigenvalue weighted by Crippen LogP contribution is 2.33. The Morgan fingerprint density at radius 1 is 1.33 bits per heavy atom. The Morgan fingerprint density at radius 3 is 2.81 bits per heavy atom. The van der Waals surface area contributed by atoms with E-state index in [1.807, 2.05) is 38.1 Å². The monoisotopic (exact) mass is 387 g/mol. The minimum absolute atomic E-state index is 0.274. The Balaban J connectivity index is 1.90. The van der Waals surface area contributed by atoms with E-state index in [0.29, 0.717) is 30.2 Å². The summed E-state index contributed by atoms with van der Waals surface area (Å²) in [5.74, 6) is 0.358. The van der Waals surface area contributed by atoms with Gasteiger partial charge in [0.2, 0.25) is 0 Å². The van der Waals surface area contributed by atoms with Crippen LogP contribution in [-0.4, -0.2) is 28.1 Å². The highest BCUT2D eigenvalue weighted by atomic mass is 32.1. The lowest BCUT2D eigenvalue weighted by atomic mass is 9.94. The minimum Gasteiger partial charge on any atom is -0.494 e. The fraction of sp³-hybridized carbons (Fsp3) is 0.333. The molecule has 0 spiro atoms. The molecule has 3 rings (SSSR count). The van der Waals surface area contributed by atoms with Crippen molar-refractivity contribution in [2.24, 2.45) is 0 Å². The number of allylic oxidation sites excluding steroid dienone is 1. The SMILES string of the molecule is CCOc1ccccc1[C@@H]1NC(=O)NC(C)=C1C(=O)NCc1snnc1C. The zero-order valence-electron chi connectivity index (χ0n) is 15.3. The van der Waals surface area contributed by atoms with E-state index in [2.05, 4.69) is 25.5 Å². The summed E-state index contributed by atoms with van der Waals surface area (Å²) in [5, 5.41) is 12.3. The molecule has 0 radical (unpaired) electrons. The van der Waals surface area contributed by atoms with Crippen molar-refractivity contribution in [3.63, 3.8) is 0 Å². The molecule has 1 aliphatic rings. The summed E-state index contributed by atoms with van der Waals surface area (Å²) in [7, 11) is 0. The van der Waals surface area contributed by atoms with Crippen LogP contribution in [0.1, 0.15) is 36.0 Å². The fourth-order valence-electron chi connectivity index (χ4n) is 2.90. The molecule has 1 aromatic heterocycles. The van der Waals surface area contributed by atoms with Crippen LogP contribution in [0.25, 0.3) is 0 Å². The van der Waals surface area contributed by atoms with Crippen molar-refractivity contribution in [2.75, 3.05) is 6.61 Å². The first-order chi connectivity index (χ1) is 13.0. The van der Waals surface area contributed by atoms with Gasteiger partial charge in [-0.3, -0.25) is 4.79 Å². The second-order valence-electron chi connectivity index (χ2n) is 6.01. The van der Waals surface area contributed by atoms with Crippen molar-refractivity contribution in [1.82, 2.24) is 25.5 Å². The van der Waals surface area contributed by atoms with Crippen LogP contribution in [0.5, 0.6) is 5.75 Å². The number of aryl methyl sites for hydroxylation is 1. The molecule has 142 valence electrons. The molecule has 1 aliphatic heterocycles. The first kappa shape index (κ1) is 18.8. The molecule has 9 heteroatoms. The summed E-state index contributed by atoms with van der Waals surface area (Å²) in [6.07, 6.45) is 0. The molecule has 0 fully saturated rings. The lowest BCUT2D eigenvalue weighted by Crippen LogP contribution is -2.47. The average molecular weight is 387 g/mol. The smallest absolute Gasteiger partial charge is 0.319 e. The summed E-state index contributed by atoms with van der Waals surface area (Å²) in [4.78, 5) is 25.9. The topological polar surface area (TPSA) is 105 Å². The quantitative estimate of drug-likeness (QED) is 0.705. The van der Waals surface area contributed by atoms with Crippen LogP contribution < -0.4 is 20.7 Å². The molecule has 3 N–H and O–H groups in total. The van der Waals surface area contributed by atoms with Crippen molar-refractivity contribution >= 4 is 23.5 Å². The predicted octanol–water partition coefficient (Wildman–Crippen LogP) is 2.19. The summed E-state index contributed by atoms with van der Waals surface area (Å²) in [5.41, 5.74) is 2.47. The maximum absolute atomic E-state index is 12.9. The third-order valence-corrected chi connectivity index (χ3v) is 5.02. The first-order valence-electron chi connectivity index (χ1n) is 8.57. The van der Waals surface area contributed by atoms with Gasteiger partial charge in [0.1, 0.15) is 5.75 Å². The van der Waals surface area contributed by atoms with Gasteiger partial charge >= 0.3 is 6.03 Å². The van der Waals surface area contributed by atoms with Gasteiger partial charge in [0.05, 0.1) is 35.3 Å². The van der Waals surface area contributed by atoms with Crippen molar-refractivity contribution < 1.29 is 14.3 Å². The van der Waals surface area contributed by atoms with Gasteiger partial charge in [0.25, 0.3) is 5.91 Å². The number of carbonyl (C=O) groups is 2. The van der Waals surface area contributed by atoms with Gasteiger partial charge in [-0.05, 0) is 38.4 Å².